The Labute approximate surface area is 166 Å². The summed E-state index contributed by atoms with van der Waals surface area (Å²) in [6.45, 7) is 3.30. The molecule has 3 aliphatic heterocycles. The lowest BCUT2D eigenvalue weighted by atomic mass is 10.0. The lowest BCUT2D eigenvalue weighted by molar-refractivity contribution is -0.136. The molecule has 3 aliphatic rings. The average Bonchev–Trinajstić information content (AvgIpc) is 2.94. The van der Waals surface area contributed by atoms with Crippen molar-refractivity contribution in [2.45, 2.75) is 18.9 Å². The number of rotatable bonds is 4. The van der Waals surface area contributed by atoms with Gasteiger partial charge in [0.05, 0.1) is 23.4 Å². The van der Waals surface area contributed by atoms with Crippen LogP contribution in [0.1, 0.15) is 33.6 Å². The van der Waals surface area contributed by atoms with E-state index in [0.717, 1.165) is 31.1 Å². The molecule has 1 unspecified atom stereocenters. The number of amides is 5. The third-order valence-electron chi connectivity index (χ3n) is 5.32. The maximum atomic E-state index is 13.0. The quantitative estimate of drug-likeness (QED) is 0.550. The van der Waals surface area contributed by atoms with Crippen molar-refractivity contribution in [3.8, 4) is 0 Å². The number of hydrogen-bond donors (Lipinski definition) is 3. The Bertz CT molecular complexity index is 908. The summed E-state index contributed by atoms with van der Waals surface area (Å²) in [5.41, 5.74) is 0.464. The molecule has 4 rings (SSSR count). The molecule has 0 spiro atoms. The summed E-state index contributed by atoms with van der Waals surface area (Å²) in [6, 6.07) is 3.60. The highest BCUT2D eigenvalue weighted by Gasteiger charge is 2.45. The zero-order valence-corrected chi connectivity index (χ0v) is 15.7. The van der Waals surface area contributed by atoms with Gasteiger partial charge in [0.2, 0.25) is 17.7 Å². The van der Waals surface area contributed by atoms with Crippen LogP contribution in [0.15, 0.2) is 18.2 Å². The average molecular weight is 399 g/mol. The predicted molar refractivity (Wildman–Crippen MR) is 101 cm³/mol. The number of nitrogens with zero attached hydrogens (tertiary/aromatic N) is 2. The van der Waals surface area contributed by atoms with Gasteiger partial charge >= 0.3 is 0 Å². The van der Waals surface area contributed by atoms with E-state index in [0.29, 0.717) is 0 Å². The van der Waals surface area contributed by atoms with E-state index in [9.17, 15) is 24.0 Å². The van der Waals surface area contributed by atoms with E-state index >= 15 is 0 Å². The maximum Gasteiger partial charge on any atom is 0.264 e. The van der Waals surface area contributed by atoms with Gasteiger partial charge in [0, 0.05) is 32.6 Å². The van der Waals surface area contributed by atoms with Crippen LogP contribution in [0.2, 0.25) is 0 Å². The third-order valence-corrected chi connectivity index (χ3v) is 5.32. The number of piperazine rings is 1. The van der Waals surface area contributed by atoms with Gasteiger partial charge in [-0.05, 0) is 18.6 Å². The molecule has 3 N–H and O–H groups in total. The van der Waals surface area contributed by atoms with Crippen LogP contribution in [0.4, 0.5) is 5.69 Å². The van der Waals surface area contributed by atoms with Crippen LogP contribution >= 0.6 is 0 Å². The standard InChI is InChI=1S/C19H21N5O5/c25-14-5-4-13(17(27)22-14)24-18(28)11-2-1-3-12(16(11)19(24)29)21-15(26)10-23-8-6-20-7-9-23/h1-3,13,20H,4-10H2,(H,21,26)(H,22,25,27). The van der Waals surface area contributed by atoms with E-state index < -0.39 is 29.7 Å². The van der Waals surface area contributed by atoms with Gasteiger partial charge in [-0.1, -0.05) is 6.07 Å². The highest BCUT2D eigenvalue weighted by atomic mass is 16.2. The van der Waals surface area contributed by atoms with Crippen LogP contribution in [0.5, 0.6) is 0 Å². The van der Waals surface area contributed by atoms with E-state index in [1.54, 1.807) is 12.1 Å². The lowest BCUT2D eigenvalue weighted by Gasteiger charge is -2.28. The summed E-state index contributed by atoms with van der Waals surface area (Å²) in [7, 11) is 0. The Hall–Kier alpha value is -3.11. The minimum Gasteiger partial charge on any atom is -0.324 e. The number of piperidine rings is 1. The Balaban J connectivity index is 1.54. The number of benzene rings is 1. The van der Waals surface area contributed by atoms with Gasteiger partial charge in [0.1, 0.15) is 6.04 Å². The molecule has 0 aromatic heterocycles. The first-order chi connectivity index (χ1) is 14.0. The fourth-order valence-corrected chi connectivity index (χ4v) is 3.88. The molecule has 152 valence electrons. The van der Waals surface area contributed by atoms with E-state index in [2.05, 4.69) is 16.0 Å². The number of carbonyl (C=O) groups is 5. The smallest absolute Gasteiger partial charge is 0.264 e. The van der Waals surface area contributed by atoms with Gasteiger partial charge in [0.25, 0.3) is 11.8 Å². The van der Waals surface area contributed by atoms with E-state index in [4.69, 9.17) is 0 Å². The second kappa shape index (κ2) is 7.72. The predicted octanol–water partition coefficient (Wildman–Crippen LogP) is -1.07. The van der Waals surface area contributed by atoms with Crippen molar-refractivity contribution in [3.05, 3.63) is 29.3 Å². The van der Waals surface area contributed by atoms with Crippen molar-refractivity contribution >= 4 is 35.2 Å². The van der Waals surface area contributed by atoms with Crippen molar-refractivity contribution in [2.24, 2.45) is 0 Å². The first kappa shape index (κ1) is 19.2. The van der Waals surface area contributed by atoms with E-state index in [1.165, 1.54) is 6.07 Å². The molecule has 10 heteroatoms. The number of imide groups is 2. The fourth-order valence-electron chi connectivity index (χ4n) is 3.88. The SMILES string of the molecule is O=C1CCC(N2C(=O)c3cccc(NC(=O)CN4CCNCC4)c3C2=O)C(=O)N1. The number of nitrogens with one attached hydrogen (secondary N) is 3. The molecule has 29 heavy (non-hydrogen) atoms. The first-order valence-corrected chi connectivity index (χ1v) is 9.53. The Morgan fingerprint density at radius 2 is 1.86 bits per heavy atom. The second-order valence-electron chi connectivity index (χ2n) is 7.25. The molecule has 0 bridgehead atoms. The largest absolute Gasteiger partial charge is 0.324 e. The van der Waals surface area contributed by atoms with Gasteiger partial charge in [-0.3, -0.25) is 39.1 Å². The number of anilines is 1. The molecule has 0 radical (unpaired) electrons. The van der Waals surface area contributed by atoms with Gasteiger partial charge in [-0.15, -0.1) is 0 Å². The van der Waals surface area contributed by atoms with Crippen LogP contribution in [0, 0.1) is 0 Å². The molecule has 0 saturated carbocycles. The topological polar surface area (TPSA) is 128 Å². The highest BCUT2D eigenvalue weighted by Crippen LogP contribution is 2.32. The van der Waals surface area contributed by atoms with E-state index in [-0.39, 0.29) is 42.1 Å². The minimum atomic E-state index is -1.04. The Morgan fingerprint density at radius 3 is 2.59 bits per heavy atom. The fraction of sp³-hybridized carbons (Fsp3) is 0.421. The maximum absolute atomic E-state index is 13.0. The molecule has 1 aromatic carbocycles. The highest BCUT2D eigenvalue weighted by molar-refractivity contribution is 6.26. The van der Waals surface area contributed by atoms with Crippen molar-refractivity contribution in [1.82, 2.24) is 20.4 Å². The van der Waals surface area contributed by atoms with Crippen LogP contribution in [0.25, 0.3) is 0 Å². The number of hydrogen-bond acceptors (Lipinski definition) is 7. The Morgan fingerprint density at radius 1 is 1.10 bits per heavy atom. The molecule has 2 saturated heterocycles. The lowest BCUT2D eigenvalue weighted by Crippen LogP contribution is -2.54. The van der Waals surface area contributed by atoms with Gasteiger partial charge < -0.3 is 10.6 Å². The molecule has 1 atom stereocenters. The summed E-state index contributed by atoms with van der Waals surface area (Å²) in [5, 5.41) is 8.10. The van der Waals surface area contributed by atoms with Gasteiger partial charge in [0.15, 0.2) is 0 Å². The molecular weight excluding hydrogens is 378 g/mol. The molecule has 10 nitrogen and oxygen atoms in total. The van der Waals surface area contributed by atoms with Crippen LogP contribution in [-0.4, -0.2) is 78.1 Å². The van der Waals surface area contributed by atoms with E-state index in [1.807, 2.05) is 4.90 Å². The molecule has 0 aliphatic carbocycles. The van der Waals surface area contributed by atoms with Gasteiger partial charge in [-0.2, -0.15) is 0 Å². The Kier molecular flexibility index (Phi) is 5.12. The number of fused-ring (bicyclic) bond motifs is 1. The number of carbonyl (C=O) groups excluding carboxylic acids is 5. The van der Waals surface area contributed by atoms with Crippen LogP contribution < -0.4 is 16.0 Å². The third kappa shape index (κ3) is 3.64. The monoisotopic (exact) mass is 399 g/mol. The molecule has 1 aromatic rings. The van der Waals surface area contributed by atoms with Crippen molar-refractivity contribution in [1.29, 1.82) is 0 Å². The molecule has 5 amide bonds. The summed E-state index contributed by atoms with van der Waals surface area (Å²) in [6.07, 6.45) is 0.138. The van der Waals surface area contributed by atoms with Gasteiger partial charge in [-0.25, -0.2) is 0 Å². The summed E-state index contributed by atoms with van der Waals surface area (Å²) >= 11 is 0. The zero-order chi connectivity index (χ0) is 20.5. The zero-order valence-electron chi connectivity index (χ0n) is 15.7. The van der Waals surface area contributed by atoms with Crippen molar-refractivity contribution in [3.63, 3.8) is 0 Å². The van der Waals surface area contributed by atoms with Crippen molar-refractivity contribution < 1.29 is 24.0 Å². The normalized spacial score (nSPS) is 22.5. The first-order valence-electron chi connectivity index (χ1n) is 9.53. The second-order valence-corrected chi connectivity index (χ2v) is 7.25. The summed E-state index contributed by atoms with van der Waals surface area (Å²) < 4.78 is 0. The summed E-state index contributed by atoms with van der Waals surface area (Å²) in [4.78, 5) is 64.7. The minimum absolute atomic E-state index is 0.0537. The molecular formula is C19H21N5O5. The van der Waals surface area contributed by atoms with Crippen LogP contribution in [-0.2, 0) is 14.4 Å². The molecule has 2 fully saturated rings. The summed E-state index contributed by atoms with van der Waals surface area (Å²) in [5.74, 6) is -2.61. The van der Waals surface area contributed by atoms with Crippen molar-refractivity contribution in [2.75, 3.05) is 38.0 Å². The molecule has 3 heterocycles. The van der Waals surface area contributed by atoms with Crippen LogP contribution in [0.3, 0.4) is 0 Å².